The third kappa shape index (κ3) is 2.94. The Hall–Kier alpha value is -2.64. The molecule has 0 unspecified atom stereocenters. The van der Waals surface area contributed by atoms with Gasteiger partial charge in [0, 0.05) is 31.9 Å². The van der Waals surface area contributed by atoms with Crippen LogP contribution < -0.4 is 10.1 Å². The second-order valence-corrected chi connectivity index (χ2v) is 9.31. The number of ether oxygens (including phenoxy) is 2. The number of H-pyrrole nitrogens is 1. The zero-order chi connectivity index (χ0) is 20.4. The van der Waals surface area contributed by atoms with Crippen LogP contribution in [-0.2, 0) is 4.74 Å². The summed E-state index contributed by atoms with van der Waals surface area (Å²) in [5.74, 6) is 2.52. The predicted octanol–water partition coefficient (Wildman–Crippen LogP) is 3.86. The Morgan fingerprint density at radius 2 is 2.03 bits per heavy atom. The molecule has 2 aromatic heterocycles. The molecule has 31 heavy (non-hydrogen) atoms. The fraction of sp³-hybridized carbons (Fsp3) is 0.500. The molecular weight excluding hydrogens is 390 g/mol. The minimum absolute atomic E-state index is 0. The summed E-state index contributed by atoms with van der Waals surface area (Å²) in [5, 5.41) is 4.91. The number of anilines is 1. The molecule has 7 nitrogen and oxygen atoms in total. The van der Waals surface area contributed by atoms with E-state index >= 15 is 0 Å². The SMILES string of the molecule is [HH].c1ccc2c(c1)OC[C@H](N1CC[C@@H]3OCC[C@@H]31)[C@H]2Nc1ncnc2[nH]c(C3CC3)cc12. The summed E-state index contributed by atoms with van der Waals surface area (Å²) < 4.78 is 12.2. The van der Waals surface area contributed by atoms with Gasteiger partial charge >= 0.3 is 0 Å². The summed E-state index contributed by atoms with van der Waals surface area (Å²) in [7, 11) is 0. The molecule has 0 radical (unpaired) electrons. The molecule has 162 valence electrons. The molecule has 3 aliphatic heterocycles. The van der Waals surface area contributed by atoms with Crippen molar-refractivity contribution in [2.45, 2.75) is 55.8 Å². The summed E-state index contributed by atoms with van der Waals surface area (Å²) in [6.45, 7) is 2.60. The molecule has 7 heteroatoms. The molecule has 4 atom stereocenters. The fourth-order valence-electron chi connectivity index (χ4n) is 5.79. The molecule has 2 N–H and O–H groups in total. The molecule has 0 spiro atoms. The number of hydrogen-bond donors (Lipinski definition) is 2. The average molecular weight is 420 g/mol. The van der Waals surface area contributed by atoms with Crippen LogP contribution in [0.3, 0.4) is 0 Å². The van der Waals surface area contributed by atoms with E-state index in [2.05, 4.69) is 49.4 Å². The van der Waals surface area contributed by atoms with E-state index in [1.165, 1.54) is 24.1 Å². The maximum Gasteiger partial charge on any atom is 0.143 e. The monoisotopic (exact) mass is 419 g/mol. The van der Waals surface area contributed by atoms with Crippen molar-refractivity contribution in [3.8, 4) is 5.75 Å². The maximum absolute atomic E-state index is 6.23. The summed E-state index contributed by atoms with van der Waals surface area (Å²) in [6.07, 6.45) is 6.77. The molecule has 2 saturated heterocycles. The topological polar surface area (TPSA) is 75.3 Å². The van der Waals surface area contributed by atoms with Crippen molar-refractivity contribution >= 4 is 16.9 Å². The highest BCUT2D eigenvalue weighted by Crippen LogP contribution is 2.43. The van der Waals surface area contributed by atoms with E-state index in [0.717, 1.165) is 48.6 Å². The van der Waals surface area contributed by atoms with Gasteiger partial charge in [-0.25, -0.2) is 9.97 Å². The van der Waals surface area contributed by atoms with Gasteiger partial charge in [-0.2, -0.15) is 0 Å². The van der Waals surface area contributed by atoms with Crippen LogP contribution in [-0.4, -0.2) is 57.8 Å². The van der Waals surface area contributed by atoms with Crippen LogP contribution in [0.1, 0.15) is 50.3 Å². The molecule has 0 bridgehead atoms. The highest BCUT2D eigenvalue weighted by atomic mass is 16.5. The van der Waals surface area contributed by atoms with Crippen LogP contribution in [0, 0.1) is 0 Å². The van der Waals surface area contributed by atoms with Gasteiger partial charge in [0.15, 0.2) is 0 Å². The highest BCUT2D eigenvalue weighted by molar-refractivity contribution is 5.88. The van der Waals surface area contributed by atoms with Crippen LogP contribution in [0.5, 0.6) is 5.75 Å². The van der Waals surface area contributed by atoms with Crippen molar-refractivity contribution < 1.29 is 10.9 Å². The Labute approximate surface area is 182 Å². The summed E-state index contributed by atoms with van der Waals surface area (Å²) in [6, 6.07) is 11.5. The smallest absolute Gasteiger partial charge is 0.143 e. The first-order chi connectivity index (χ1) is 15.3. The molecule has 1 aromatic carbocycles. The van der Waals surface area contributed by atoms with Crippen LogP contribution in [0.25, 0.3) is 11.0 Å². The van der Waals surface area contributed by atoms with Gasteiger partial charge in [0.05, 0.1) is 23.6 Å². The number of likely N-dealkylation sites (tertiary alicyclic amines) is 1. The molecular formula is C24H29N5O2. The van der Waals surface area contributed by atoms with Crippen LogP contribution >= 0.6 is 0 Å². The van der Waals surface area contributed by atoms with Gasteiger partial charge in [-0.1, -0.05) is 18.2 Å². The van der Waals surface area contributed by atoms with Crippen molar-refractivity contribution in [3.63, 3.8) is 0 Å². The Morgan fingerprint density at radius 1 is 1.10 bits per heavy atom. The van der Waals surface area contributed by atoms with Gasteiger partial charge < -0.3 is 19.8 Å². The summed E-state index contributed by atoms with van der Waals surface area (Å²) in [5.41, 5.74) is 3.40. The second kappa shape index (κ2) is 6.93. The van der Waals surface area contributed by atoms with Gasteiger partial charge in [-0.15, -0.1) is 0 Å². The maximum atomic E-state index is 6.23. The quantitative estimate of drug-likeness (QED) is 0.669. The fourth-order valence-corrected chi connectivity index (χ4v) is 5.79. The lowest BCUT2D eigenvalue weighted by Crippen LogP contribution is -2.50. The number of aromatic nitrogens is 3. The van der Waals surface area contributed by atoms with Crippen molar-refractivity contribution in [1.82, 2.24) is 19.9 Å². The number of fused-ring (bicyclic) bond motifs is 3. The van der Waals surface area contributed by atoms with Gasteiger partial charge in [-0.3, -0.25) is 4.90 Å². The normalized spacial score (nSPS) is 30.2. The molecule has 0 amide bonds. The average Bonchev–Trinajstić information content (AvgIpc) is 3.19. The van der Waals surface area contributed by atoms with Crippen LogP contribution in [0.4, 0.5) is 5.82 Å². The lowest BCUT2D eigenvalue weighted by Gasteiger charge is -2.41. The molecule has 3 aromatic rings. The second-order valence-electron chi connectivity index (χ2n) is 9.31. The Kier molecular flexibility index (Phi) is 4.02. The number of nitrogens with one attached hydrogen (secondary N) is 2. The van der Waals surface area contributed by atoms with Crippen molar-refractivity contribution in [1.29, 1.82) is 0 Å². The van der Waals surface area contributed by atoms with Gasteiger partial charge in [0.1, 0.15) is 30.1 Å². The van der Waals surface area contributed by atoms with Crippen LogP contribution in [0.2, 0.25) is 0 Å². The minimum atomic E-state index is 0. The third-order valence-corrected chi connectivity index (χ3v) is 7.50. The molecule has 1 saturated carbocycles. The first-order valence-corrected chi connectivity index (χ1v) is 11.5. The van der Waals surface area contributed by atoms with Crippen molar-refractivity contribution in [2.75, 3.05) is 25.1 Å². The molecule has 7 rings (SSSR count). The van der Waals surface area contributed by atoms with E-state index < -0.39 is 0 Å². The summed E-state index contributed by atoms with van der Waals surface area (Å²) in [4.78, 5) is 15.3. The number of para-hydroxylation sites is 1. The third-order valence-electron chi connectivity index (χ3n) is 7.50. The van der Waals surface area contributed by atoms with E-state index in [-0.39, 0.29) is 13.5 Å². The van der Waals surface area contributed by atoms with Crippen molar-refractivity contribution in [2.24, 2.45) is 0 Å². The Morgan fingerprint density at radius 3 is 2.97 bits per heavy atom. The molecule has 5 heterocycles. The van der Waals surface area contributed by atoms with E-state index in [1.807, 2.05) is 6.07 Å². The van der Waals surface area contributed by atoms with Gasteiger partial charge in [-0.05, 0) is 43.7 Å². The lowest BCUT2D eigenvalue weighted by atomic mass is 9.94. The summed E-state index contributed by atoms with van der Waals surface area (Å²) >= 11 is 0. The minimum Gasteiger partial charge on any atom is -0.491 e. The number of hydrogen-bond acceptors (Lipinski definition) is 6. The van der Waals surface area contributed by atoms with Gasteiger partial charge in [0.25, 0.3) is 0 Å². The number of aromatic amines is 1. The number of rotatable bonds is 4. The molecule has 1 aliphatic carbocycles. The standard InChI is InChI=1S/C24H27N5O2.H2/c1-2-4-20-15(3-1)22(19(12-31-20)29-9-7-21-18(29)8-10-30-21)28-24-16-11-17(14-5-6-14)27-23(16)25-13-26-24;/h1-4,11,13-14,18-19,21-22H,5-10,12H2,(H2,25,26,27,28);1H/t18-,19-,21-,22-;/m0./s1. The molecule has 3 fully saturated rings. The zero-order valence-corrected chi connectivity index (χ0v) is 17.5. The Balaban J connectivity index is 0.00000196. The van der Waals surface area contributed by atoms with E-state index in [0.29, 0.717) is 24.7 Å². The van der Waals surface area contributed by atoms with Crippen LogP contribution in [0.15, 0.2) is 36.7 Å². The predicted molar refractivity (Wildman–Crippen MR) is 120 cm³/mol. The van der Waals surface area contributed by atoms with E-state index in [4.69, 9.17) is 9.47 Å². The van der Waals surface area contributed by atoms with Gasteiger partial charge in [0.2, 0.25) is 0 Å². The van der Waals surface area contributed by atoms with E-state index in [1.54, 1.807) is 6.33 Å². The Bertz CT molecular complexity index is 1130. The van der Waals surface area contributed by atoms with E-state index in [9.17, 15) is 0 Å². The molecule has 4 aliphatic rings. The first kappa shape index (κ1) is 18.0. The number of benzene rings is 1. The largest absolute Gasteiger partial charge is 0.491 e. The zero-order valence-electron chi connectivity index (χ0n) is 17.5. The lowest BCUT2D eigenvalue weighted by molar-refractivity contribution is 0.0745. The highest BCUT2D eigenvalue weighted by Gasteiger charge is 2.46. The number of nitrogens with zero attached hydrogens (tertiary/aromatic N) is 3. The first-order valence-electron chi connectivity index (χ1n) is 11.5. The van der Waals surface area contributed by atoms with Crippen molar-refractivity contribution in [3.05, 3.63) is 47.9 Å².